The highest BCUT2D eigenvalue weighted by Gasteiger charge is 2.17. The summed E-state index contributed by atoms with van der Waals surface area (Å²) in [6, 6.07) is 13.6. The van der Waals surface area contributed by atoms with Crippen LogP contribution in [0.3, 0.4) is 0 Å². The van der Waals surface area contributed by atoms with Crippen molar-refractivity contribution in [3.05, 3.63) is 70.8 Å². The number of nitrogens with zero attached hydrogens (tertiary/aromatic N) is 4. The maximum atomic E-state index is 13.4. The number of methoxy groups -OCH3 is 1. The largest absolute Gasteiger partial charge is 0.493 e. The normalized spacial score (nSPS) is 14.6. The molecule has 1 aliphatic carbocycles. The second-order valence-electron chi connectivity index (χ2n) is 7.70. The smallest absolute Gasteiger partial charge is 0.268 e. The van der Waals surface area contributed by atoms with Crippen molar-refractivity contribution in [2.75, 3.05) is 12.4 Å². The lowest BCUT2D eigenvalue weighted by Crippen LogP contribution is -2.22. The Morgan fingerprint density at radius 3 is 2.90 bits per heavy atom. The minimum atomic E-state index is -0.185. The Balaban J connectivity index is 1.64. The standard InChI is InChI=1S/C24H23N5O2/c1-31-21-9-5-13-29-23(21)28-22(19(24(29)30)15-26-17-7-2-3-8-17)27-18-10-11-20-16(14-18)6-4-12-25-20/h4-6,9-15,17,27H,2-3,7-8H2,1H3/b26-15+. The number of pyridine rings is 2. The van der Waals surface area contributed by atoms with Crippen molar-refractivity contribution in [3.8, 4) is 5.75 Å². The van der Waals surface area contributed by atoms with Gasteiger partial charge in [0.2, 0.25) is 0 Å². The maximum absolute atomic E-state index is 13.4. The molecule has 1 saturated carbocycles. The van der Waals surface area contributed by atoms with Gasteiger partial charge in [0.1, 0.15) is 11.4 Å². The van der Waals surface area contributed by atoms with Crippen LogP contribution in [0.15, 0.2) is 64.6 Å². The van der Waals surface area contributed by atoms with Crippen molar-refractivity contribution in [1.82, 2.24) is 14.4 Å². The van der Waals surface area contributed by atoms with Gasteiger partial charge in [-0.05, 0) is 49.2 Å². The van der Waals surface area contributed by atoms with E-state index in [9.17, 15) is 4.79 Å². The second-order valence-corrected chi connectivity index (χ2v) is 7.70. The van der Waals surface area contributed by atoms with Gasteiger partial charge in [-0.15, -0.1) is 0 Å². The first kappa shape index (κ1) is 19.2. The van der Waals surface area contributed by atoms with Crippen LogP contribution in [0.4, 0.5) is 11.5 Å². The van der Waals surface area contributed by atoms with Crippen LogP contribution < -0.4 is 15.6 Å². The van der Waals surface area contributed by atoms with Gasteiger partial charge in [0.25, 0.3) is 5.56 Å². The Labute approximate surface area is 179 Å². The number of rotatable bonds is 5. The number of ether oxygens (including phenoxy) is 1. The Hall–Kier alpha value is -3.74. The number of anilines is 2. The Morgan fingerprint density at radius 2 is 2.06 bits per heavy atom. The first-order valence-electron chi connectivity index (χ1n) is 10.5. The minimum absolute atomic E-state index is 0.185. The van der Waals surface area contributed by atoms with Crippen LogP contribution in [0.25, 0.3) is 16.6 Å². The summed E-state index contributed by atoms with van der Waals surface area (Å²) in [5, 5.41) is 4.33. The lowest BCUT2D eigenvalue weighted by molar-refractivity contribution is 0.416. The number of benzene rings is 1. The molecule has 7 heteroatoms. The van der Waals surface area contributed by atoms with E-state index in [0.29, 0.717) is 22.8 Å². The molecule has 1 aromatic carbocycles. The van der Waals surface area contributed by atoms with Gasteiger partial charge in [-0.25, -0.2) is 4.98 Å². The van der Waals surface area contributed by atoms with E-state index in [0.717, 1.165) is 29.4 Å². The van der Waals surface area contributed by atoms with Crippen LogP contribution >= 0.6 is 0 Å². The molecule has 3 aromatic heterocycles. The lowest BCUT2D eigenvalue weighted by atomic mass is 10.2. The zero-order valence-electron chi connectivity index (χ0n) is 17.3. The van der Waals surface area contributed by atoms with Crippen molar-refractivity contribution in [1.29, 1.82) is 0 Å². The first-order valence-corrected chi connectivity index (χ1v) is 10.5. The van der Waals surface area contributed by atoms with E-state index in [-0.39, 0.29) is 11.6 Å². The average molecular weight is 413 g/mol. The summed E-state index contributed by atoms with van der Waals surface area (Å²) in [6.07, 6.45) is 9.65. The summed E-state index contributed by atoms with van der Waals surface area (Å²) in [4.78, 5) is 27.2. The van der Waals surface area contributed by atoms with Crippen molar-refractivity contribution < 1.29 is 4.74 Å². The van der Waals surface area contributed by atoms with Gasteiger partial charge in [0.05, 0.1) is 12.6 Å². The van der Waals surface area contributed by atoms with Crippen LogP contribution in [0, 0.1) is 0 Å². The lowest BCUT2D eigenvalue weighted by Gasteiger charge is -2.13. The molecule has 4 aromatic rings. The van der Waals surface area contributed by atoms with E-state index < -0.39 is 0 Å². The molecule has 1 aliphatic rings. The molecule has 0 atom stereocenters. The Morgan fingerprint density at radius 1 is 1.19 bits per heavy atom. The van der Waals surface area contributed by atoms with E-state index >= 15 is 0 Å². The van der Waals surface area contributed by atoms with E-state index in [4.69, 9.17) is 14.7 Å². The summed E-state index contributed by atoms with van der Waals surface area (Å²) < 4.78 is 6.94. The highest BCUT2D eigenvalue weighted by atomic mass is 16.5. The number of hydrogen-bond donors (Lipinski definition) is 1. The summed E-state index contributed by atoms with van der Waals surface area (Å²) in [6.45, 7) is 0. The monoisotopic (exact) mass is 413 g/mol. The summed E-state index contributed by atoms with van der Waals surface area (Å²) >= 11 is 0. The van der Waals surface area contributed by atoms with Crippen LogP contribution in [0.5, 0.6) is 5.75 Å². The SMILES string of the molecule is COc1cccn2c(=O)c(/C=N/C3CCCC3)c(Nc3ccc4ncccc4c3)nc12. The molecule has 0 radical (unpaired) electrons. The minimum Gasteiger partial charge on any atom is -0.493 e. The molecule has 0 unspecified atom stereocenters. The van der Waals surface area contributed by atoms with Gasteiger partial charge in [-0.1, -0.05) is 18.9 Å². The molecule has 156 valence electrons. The quantitative estimate of drug-likeness (QED) is 0.492. The zero-order chi connectivity index (χ0) is 21.2. The van der Waals surface area contributed by atoms with Gasteiger partial charge in [-0.2, -0.15) is 0 Å². The Kier molecular flexibility index (Phi) is 5.08. The summed E-state index contributed by atoms with van der Waals surface area (Å²) in [7, 11) is 1.57. The molecule has 7 nitrogen and oxygen atoms in total. The van der Waals surface area contributed by atoms with Crippen molar-refractivity contribution in [2.24, 2.45) is 4.99 Å². The summed E-state index contributed by atoms with van der Waals surface area (Å²) in [5.41, 5.74) is 2.43. The van der Waals surface area contributed by atoms with Crippen molar-refractivity contribution in [2.45, 2.75) is 31.7 Å². The molecule has 3 heterocycles. The molecule has 0 saturated heterocycles. The van der Waals surface area contributed by atoms with Crippen LogP contribution in [-0.4, -0.2) is 33.7 Å². The molecule has 0 amide bonds. The third-order valence-corrected chi connectivity index (χ3v) is 5.68. The first-order chi connectivity index (χ1) is 15.2. The van der Waals surface area contributed by atoms with E-state index in [1.807, 2.05) is 30.3 Å². The van der Waals surface area contributed by atoms with Gasteiger partial charge in [0, 0.05) is 35.7 Å². The number of aliphatic imine (C=N–C) groups is 1. The molecule has 1 fully saturated rings. The second kappa shape index (κ2) is 8.18. The summed E-state index contributed by atoms with van der Waals surface area (Å²) in [5.74, 6) is 0.990. The van der Waals surface area contributed by atoms with E-state index in [1.165, 1.54) is 17.2 Å². The molecular weight excluding hydrogens is 390 g/mol. The third-order valence-electron chi connectivity index (χ3n) is 5.68. The molecule has 5 rings (SSSR count). The van der Waals surface area contributed by atoms with E-state index in [1.54, 1.807) is 37.9 Å². The molecule has 1 N–H and O–H groups in total. The topological polar surface area (TPSA) is 80.9 Å². The van der Waals surface area contributed by atoms with Gasteiger partial charge < -0.3 is 10.1 Å². The van der Waals surface area contributed by atoms with Crippen LogP contribution in [0.1, 0.15) is 31.2 Å². The predicted octanol–water partition coefficient (Wildman–Crippen LogP) is 4.36. The fraction of sp³-hybridized carbons (Fsp3) is 0.250. The van der Waals surface area contributed by atoms with Gasteiger partial charge in [0.15, 0.2) is 11.4 Å². The Bertz CT molecular complexity index is 1340. The fourth-order valence-electron chi connectivity index (χ4n) is 4.04. The van der Waals surface area contributed by atoms with Crippen LogP contribution in [0.2, 0.25) is 0 Å². The number of nitrogens with one attached hydrogen (secondary N) is 1. The highest BCUT2D eigenvalue weighted by molar-refractivity contribution is 5.89. The van der Waals surface area contributed by atoms with Crippen molar-refractivity contribution in [3.63, 3.8) is 0 Å². The molecule has 0 aliphatic heterocycles. The maximum Gasteiger partial charge on any atom is 0.268 e. The molecule has 0 bridgehead atoms. The van der Waals surface area contributed by atoms with Crippen LogP contribution in [-0.2, 0) is 0 Å². The third kappa shape index (κ3) is 3.74. The highest BCUT2D eigenvalue weighted by Crippen LogP contribution is 2.25. The van der Waals surface area contributed by atoms with Gasteiger partial charge >= 0.3 is 0 Å². The van der Waals surface area contributed by atoms with Crippen molar-refractivity contribution >= 4 is 34.3 Å². The molecular formula is C24H23N5O2. The predicted molar refractivity (Wildman–Crippen MR) is 123 cm³/mol. The number of aromatic nitrogens is 3. The molecule has 0 spiro atoms. The fourth-order valence-corrected chi connectivity index (χ4v) is 4.04. The zero-order valence-corrected chi connectivity index (χ0v) is 17.3. The average Bonchev–Trinajstić information content (AvgIpc) is 3.32. The van der Waals surface area contributed by atoms with Gasteiger partial charge in [-0.3, -0.25) is 19.2 Å². The number of hydrogen-bond acceptors (Lipinski definition) is 6. The van der Waals surface area contributed by atoms with E-state index in [2.05, 4.69) is 10.3 Å². The number of fused-ring (bicyclic) bond motifs is 2. The molecule has 31 heavy (non-hydrogen) atoms.